The first-order valence-corrected chi connectivity index (χ1v) is 19.3. The molecule has 1 aliphatic heterocycles. The molecule has 7 aromatic carbocycles. The summed E-state index contributed by atoms with van der Waals surface area (Å²) in [7, 11) is -2.55. The molecule has 2 heterocycles. The molecule has 2 nitrogen and oxygen atoms in total. The van der Waals surface area contributed by atoms with Crippen LogP contribution in [0.5, 0.6) is 0 Å². The smallest absolute Gasteiger partial charge is 0.180 e. The molecule has 0 unspecified atom stereocenters. The zero-order chi connectivity index (χ0) is 33.1. The van der Waals surface area contributed by atoms with Crippen LogP contribution in [-0.2, 0) is 6.42 Å². The Labute approximate surface area is 293 Å². The van der Waals surface area contributed by atoms with Gasteiger partial charge in [-0.05, 0) is 48.6 Å². The van der Waals surface area contributed by atoms with E-state index in [9.17, 15) is 0 Å². The summed E-state index contributed by atoms with van der Waals surface area (Å²) >= 11 is 0. The summed E-state index contributed by atoms with van der Waals surface area (Å²) in [5.74, 6) is 0.761. The van der Waals surface area contributed by atoms with Crippen molar-refractivity contribution in [2.45, 2.75) is 6.42 Å². The molecule has 0 N–H and O–H groups in total. The van der Waals surface area contributed by atoms with Crippen molar-refractivity contribution in [2.75, 3.05) is 0 Å². The number of aromatic nitrogens is 2. The molecule has 0 fully saturated rings. The third-order valence-electron chi connectivity index (χ3n) is 10.6. The van der Waals surface area contributed by atoms with Crippen LogP contribution in [0.2, 0.25) is 0 Å². The second-order valence-corrected chi connectivity index (χ2v) is 17.0. The van der Waals surface area contributed by atoms with Gasteiger partial charge >= 0.3 is 0 Å². The molecule has 0 spiro atoms. The Morgan fingerprint density at radius 2 is 0.840 bits per heavy atom. The Balaban J connectivity index is 1.13. The van der Waals surface area contributed by atoms with Gasteiger partial charge in [-0.3, -0.25) is 0 Å². The number of hydrogen-bond acceptors (Lipinski definition) is 2. The molecule has 0 atom stereocenters. The molecule has 0 saturated carbocycles. The summed E-state index contributed by atoms with van der Waals surface area (Å²) in [6, 6.07) is 66.5. The van der Waals surface area contributed by atoms with Crippen LogP contribution in [0, 0.1) is 0 Å². The minimum absolute atomic E-state index is 0.761. The van der Waals surface area contributed by atoms with Gasteiger partial charge in [-0.1, -0.05) is 182 Å². The van der Waals surface area contributed by atoms with Crippen LogP contribution in [0.15, 0.2) is 182 Å². The normalized spacial score (nSPS) is 13.3. The number of fused-ring (bicyclic) bond motifs is 6. The van der Waals surface area contributed by atoms with Crippen molar-refractivity contribution in [3.8, 4) is 56.2 Å². The van der Waals surface area contributed by atoms with E-state index in [1.807, 2.05) is 0 Å². The van der Waals surface area contributed by atoms with Gasteiger partial charge in [-0.25, -0.2) is 9.97 Å². The van der Waals surface area contributed by atoms with Crippen molar-refractivity contribution < 1.29 is 0 Å². The van der Waals surface area contributed by atoms with Crippen LogP contribution in [-0.4, -0.2) is 18.0 Å². The molecule has 0 radical (unpaired) electrons. The third kappa shape index (κ3) is 4.34. The molecule has 3 heteroatoms. The zero-order valence-corrected chi connectivity index (χ0v) is 28.4. The molecule has 0 saturated heterocycles. The highest BCUT2D eigenvalue weighted by atomic mass is 28.3. The molecule has 234 valence electrons. The monoisotopic (exact) mass is 652 g/mol. The fourth-order valence-electron chi connectivity index (χ4n) is 8.37. The quantitative estimate of drug-likeness (QED) is 0.175. The standard InChI is InChI=1S/C47H32N2Si/c1-3-13-32(14-4-1)33-23-25-34(26-24-33)45-42-31-36-15-7-8-18-39(36)46(42)49-47(48-45)35-27-29-38(30-28-35)50(37-16-5-2-6-17-37)43-21-11-9-19-40(43)41-20-10-12-22-44(41)50/h1-30H,31H2. The molecule has 8 aromatic rings. The maximum Gasteiger partial charge on any atom is 0.180 e. The summed E-state index contributed by atoms with van der Waals surface area (Å²) in [5, 5.41) is 5.67. The van der Waals surface area contributed by atoms with Crippen LogP contribution in [0.3, 0.4) is 0 Å². The van der Waals surface area contributed by atoms with Gasteiger partial charge in [-0.15, -0.1) is 0 Å². The number of nitrogens with zero attached hydrogens (tertiary/aromatic N) is 2. The summed E-state index contributed by atoms with van der Waals surface area (Å²) in [4.78, 5) is 10.6. The van der Waals surface area contributed by atoms with E-state index in [2.05, 4.69) is 182 Å². The van der Waals surface area contributed by atoms with Gasteiger partial charge < -0.3 is 0 Å². The molecule has 1 aromatic heterocycles. The molecule has 10 rings (SSSR count). The van der Waals surface area contributed by atoms with Gasteiger partial charge in [0.15, 0.2) is 13.9 Å². The van der Waals surface area contributed by atoms with Crippen LogP contribution < -0.4 is 20.7 Å². The third-order valence-corrected chi connectivity index (χ3v) is 15.5. The van der Waals surface area contributed by atoms with Crippen LogP contribution in [0.1, 0.15) is 11.1 Å². The number of benzene rings is 7. The van der Waals surface area contributed by atoms with E-state index in [1.165, 1.54) is 59.7 Å². The fraction of sp³-hybridized carbons (Fsp3) is 0.0213. The van der Waals surface area contributed by atoms with Crippen molar-refractivity contribution in [1.29, 1.82) is 0 Å². The first-order valence-electron chi connectivity index (χ1n) is 17.3. The summed E-state index contributed by atoms with van der Waals surface area (Å²) in [6.45, 7) is 0. The average molecular weight is 653 g/mol. The van der Waals surface area contributed by atoms with Crippen molar-refractivity contribution in [3.05, 3.63) is 193 Å². The second-order valence-electron chi connectivity index (χ2n) is 13.3. The maximum atomic E-state index is 5.35. The Morgan fingerprint density at radius 3 is 1.52 bits per heavy atom. The predicted molar refractivity (Wildman–Crippen MR) is 209 cm³/mol. The van der Waals surface area contributed by atoms with E-state index < -0.39 is 8.07 Å². The lowest BCUT2D eigenvalue weighted by atomic mass is 9.99. The van der Waals surface area contributed by atoms with E-state index >= 15 is 0 Å². The molecule has 0 amide bonds. The van der Waals surface area contributed by atoms with Crippen LogP contribution >= 0.6 is 0 Å². The van der Waals surface area contributed by atoms with Crippen molar-refractivity contribution in [2.24, 2.45) is 0 Å². The van der Waals surface area contributed by atoms with Gasteiger partial charge in [0.2, 0.25) is 0 Å². The Hall–Kier alpha value is -6.16. The van der Waals surface area contributed by atoms with Gasteiger partial charge in [0.25, 0.3) is 0 Å². The lowest BCUT2D eigenvalue weighted by molar-refractivity contribution is 1.13. The van der Waals surface area contributed by atoms with Gasteiger partial charge in [0.05, 0.1) is 11.4 Å². The minimum Gasteiger partial charge on any atom is -0.228 e. The second kappa shape index (κ2) is 11.5. The van der Waals surface area contributed by atoms with E-state index in [-0.39, 0.29) is 0 Å². The largest absolute Gasteiger partial charge is 0.228 e. The number of hydrogen-bond donors (Lipinski definition) is 0. The minimum atomic E-state index is -2.55. The first-order chi connectivity index (χ1) is 24.8. The lowest BCUT2D eigenvalue weighted by Crippen LogP contribution is -2.72. The van der Waals surface area contributed by atoms with Gasteiger partial charge in [0, 0.05) is 28.7 Å². The van der Waals surface area contributed by atoms with Crippen molar-refractivity contribution in [1.82, 2.24) is 9.97 Å². The van der Waals surface area contributed by atoms with Crippen molar-refractivity contribution in [3.63, 3.8) is 0 Å². The fourth-order valence-corrected chi connectivity index (χ4v) is 13.5. The van der Waals surface area contributed by atoms with E-state index in [0.29, 0.717) is 0 Å². The summed E-state index contributed by atoms with van der Waals surface area (Å²) < 4.78 is 0. The number of rotatable bonds is 5. The molecule has 1 aliphatic carbocycles. The van der Waals surface area contributed by atoms with Gasteiger partial charge in [-0.2, -0.15) is 0 Å². The molecule has 2 aliphatic rings. The highest BCUT2D eigenvalue weighted by Gasteiger charge is 2.48. The highest BCUT2D eigenvalue weighted by molar-refractivity contribution is 7.22. The SMILES string of the molecule is c1ccc(-c2ccc(-c3nc(-c4ccc([Si]5(c6ccccc6)c6ccccc6-c6ccccc65)cc4)nc4c3Cc3ccccc3-4)cc2)cc1. The molecule has 0 bridgehead atoms. The lowest BCUT2D eigenvalue weighted by Gasteiger charge is -2.31. The Morgan fingerprint density at radius 1 is 0.360 bits per heavy atom. The summed E-state index contributed by atoms with van der Waals surface area (Å²) in [6.07, 6.45) is 0.838. The predicted octanol–water partition coefficient (Wildman–Crippen LogP) is 8.41. The van der Waals surface area contributed by atoms with Crippen LogP contribution in [0.4, 0.5) is 0 Å². The maximum absolute atomic E-state index is 5.35. The van der Waals surface area contributed by atoms with E-state index in [4.69, 9.17) is 9.97 Å². The summed E-state index contributed by atoms with van der Waals surface area (Å²) in [5.41, 5.74) is 13.0. The average Bonchev–Trinajstić information content (AvgIpc) is 3.73. The first kappa shape index (κ1) is 28.8. The Kier molecular flexibility index (Phi) is 6.61. The highest BCUT2D eigenvalue weighted by Crippen LogP contribution is 2.41. The molecule has 50 heavy (non-hydrogen) atoms. The zero-order valence-electron chi connectivity index (χ0n) is 27.4. The Bertz CT molecular complexity index is 2490. The van der Waals surface area contributed by atoms with E-state index in [1.54, 1.807) is 0 Å². The van der Waals surface area contributed by atoms with Crippen LogP contribution in [0.25, 0.3) is 56.2 Å². The molecular weight excluding hydrogens is 621 g/mol. The topological polar surface area (TPSA) is 25.8 Å². The molecular formula is C47H32N2Si. The van der Waals surface area contributed by atoms with E-state index in [0.717, 1.165) is 34.8 Å². The van der Waals surface area contributed by atoms with Crippen molar-refractivity contribution >= 4 is 28.8 Å². The van der Waals surface area contributed by atoms with Gasteiger partial charge in [0.1, 0.15) is 0 Å².